The molecule has 1 heterocycles. The quantitative estimate of drug-likeness (QED) is 0.844. The molecule has 19 heavy (non-hydrogen) atoms. The summed E-state index contributed by atoms with van der Waals surface area (Å²) in [5, 5.41) is 8.65. The van der Waals surface area contributed by atoms with E-state index in [1.807, 2.05) is 25.1 Å². The number of urea groups is 1. The summed E-state index contributed by atoms with van der Waals surface area (Å²) in [5.74, 6) is -0.904. The third kappa shape index (κ3) is 4.95. The van der Waals surface area contributed by atoms with Crippen molar-refractivity contribution >= 4 is 12.0 Å². The SMILES string of the molecule is CCN(CCC(=O)O)C(=O)N(C)Cc1ccccn1. The Labute approximate surface area is 112 Å². The van der Waals surface area contributed by atoms with Crippen LogP contribution in [0, 0.1) is 0 Å². The second-order valence-corrected chi connectivity index (χ2v) is 4.18. The van der Waals surface area contributed by atoms with Gasteiger partial charge < -0.3 is 14.9 Å². The van der Waals surface area contributed by atoms with Crippen LogP contribution in [0.2, 0.25) is 0 Å². The predicted octanol–water partition coefficient (Wildman–Crippen LogP) is 1.43. The second kappa shape index (κ2) is 7.35. The molecule has 0 spiro atoms. The first kappa shape index (κ1) is 14.9. The van der Waals surface area contributed by atoms with E-state index in [0.717, 1.165) is 5.69 Å². The summed E-state index contributed by atoms with van der Waals surface area (Å²) in [6, 6.07) is 5.34. The molecule has 6 nitrogen and oxygen atoms in total. The minimum atomic E-state index is -0.904. The normalized spacial score (nSPS) is 10.0. The van der Waals surface area contributed by atoms with Gasteiger partial charge in [0, 0.05) is 26.3 Å². The molecule has 0 aliphatic heterocycles. The van der Waals surface area contributed by atoms with Crippen molar-refractivity contribution in [3.05, 3.63) is 30.1 Å². The summed E-state index contributed by atoms with van der Waals surface area (Å²) in [6.45, 7) is 2.94. The Morgan fingerprint density at radius 2 is 2.11 bits per heavy atom. The van der Waals surface area contributed by atoms with E-state index in [4.69, 9.17) is 5.11 Å². The molecule has 0 bridgehead atoms. The van der Waals surface area contributed by atoms with Gasteiger partial charge in [0.25, 0.3) is 0 Å². The number of amides is 2. The number of carbonyl (C=O) groups excluding carboxylic acids is 1. The third-order valence-corrected chi connectivity index (χ3v) is 2.70. The summed E-state index contributed by atoms with van der Waals surface area (Å²) >= 11 is 0. The molecule has 0 saturated carbocycles. The summed E-state index contributed by atoms with van der Waals surface area (Å²) in [6.07, 6.45) is 1.63. The lowest BCUT2D eigenvalue weighted by molar-refractivity contribution is -0.137. The van der Waals surface area contributed by atoms with Gasteiger partial charge in [-0.2, -0.15) is 0 Å². The maximum Gasteiger partial charge on any atom is 0.320 e. The average Bonchev–Trinajstić information content (AvgIpc) is 2.40. The zero-order valence-electron chi connectivity index (χ0n) is 11.2. The Morgan fingerprint density at radius 3 is 2.63 bits per heavy atom. The Morgan fingerprint density at radius 1 is 1.37 bits per heavy atom. The van der Waals surface area contributed by atoms with Crippen molar-refractivity contribution in [3.63, 3.8) is 0 Å². The molecule has 6 heteroatoms. The fourth-order valence-corrected chi connectivity index (χ4v) is 1.66. The van der Waals surface area contributed by atoms with Gasteiger partial charge in [0.1, 0.15) is 0 Å². The number of pyridine rings is 1. The zero-order valence-corrected chi connectivity index (χ0v) is 11.2. The molecule has 0 fully saturated rings. The number of hydrogen-bond donors (Lipinski definition) is 1. The summed E-state index contributed by atoms with van der Waals surface area (Å²) in [7, 11) is 1.68. The van der Waals surface area contributed by atoms with Crippen molar-refractivity contribution in [2.45, 2.75) is 19.9 Å². The van der Waals surface area contributed by atoms with Gasteiger partial charge in [0.15, 0.2) is 0 Å². The highest BCUT2D eigenvalue weighted by Gasteiger charge is 2.17. The number of aromatic nitrogens is 1. The molecule has 0 saturated heterocycles. The number of carboxylic acids is 1. The third-order valence-electron chi connectivity index (χ3n) is 2.70. The van der Waals surface area contributed by atoms with Gasteiger partial charge in [0.2, 0.25) is 0 Å². The molecule has 1 aromatic rings. The predicted molar refractivity (Wildman–Crippen MR) is 70.6 cm³/mol. The van der Waals surface area contributed by atoms with Crippen LogP contribution in [-0.4, -0.2) is 52.0 Å². The van der Waals surface area contributed by atoms with Crippen LogP contribution in [0.1, 0.15) is 19.0 Å². The molecular formula is C13H19N3O3. The van der Waals surface area contributed by atoms with Gasteiger partial charge >= 0.3 is 12.0 Å². The average molecular weight is 265 g/mol. The first-order valence-corrected chi connectivity index (χ1v) is 6.16. The lowest BCUT2D eigenvalue weighted by Gasteiger charge is -2.26. The Hall–Kier alpha value is -2.11. The minimum absolute atomic E-state index is 0.0446. The van der Waals surface area contributed by atoms with E-state index in [0.29, 0.717) is 13.1 Å². The molecule has 0 aliphatic rings. The van der Waals surface area contributed by atoms with Crippen molar-refractivity contribution in [2.24, 2.45) is 0 Å². The number of carboxylic acid groups (broad SMARTS) is 1. The highest BCUT2D eigenvalue weighted by Crippen LogP contribution is 2.04. The molecule has 1 N–H and O–H groups in total. The lowest BCUT2D eigenvalue weighted by atomic mass is 10.3. The number of hydrogen-bond acceptors (Lipinski definition) is 3. The second-order valence-electron chi connectivity index (χ2n) is 4.18. The molecule has 0 unspecified atom stereocenters. The van der Waals surface area contributed by atoms with Crippen LogP contribution in [-0.2, 0) is 11.3 Å². The van der Waals surface area contributed by atoms with E-state index >= 15 is 0 Å². The summed E-state index contributed by atoms with van der Waals surface area (Å²) in [4.78, 5) is 29.9. The lowest BCUT2D eigenvalue weighted by Crippen LogP contribution is -2.41. The topological polar surface area (TPSA) is 73.7 Å². The van der Waals surface area contributed by atoms with Gasteiger partial charge in [-0.05, 0) is 19.1 Å². The summed E-state index contributed by atoms with van der Waals surface area (Å²) < 4.78 is 0. The van der Waals surface area contributed by atoms with Gasteiger partial charge in [0.05, 0.1) is 18.7 Å². The van der Waals surface area contributed by atoms with Crippen LogP contribution >= 0.6 is 0 Å². The molecule has 104 valence electrons. The van der Waals surface area contributed by atoms with Crippen molar-refractivity contribution in [3.8, 4) is 0 Å². The Kier molecular flexibility index (Phi) is 5.78. The molecule has 1 aromatic heterocycles. The van der Waals surface area contributed by atoms with Crippen LogP contribution < -0.4 is 0 Å². The highest BCUT2D eigenvalue weighted by molar-refractivity contribution is 5.75. The molecule has 1 rings (SSSR count). The number of aliphatic carboxylic acids is 1. The van der Waals surface area contributed by atoms with Gasteiger partial charge in [-0.1, -0.05) is 6.07 Å². The monoisotopic (exact) mass is 265 g/mol. The van der Waals surface area contributed by atoms with Crippen LogP contribution in [0.4, 0.5) is 4.79 Å². The molecule has 2 amide bonds. The van der Waals surface area contributed by atoms with Gasteiger partial charge in [-0.3, -0.25) is 9.78 Å². The molecule has 0 aromatic carbocycles. The van der Waals surface area contributed by atoms with E-state index < -0.39 is 5.97 Å². The molecule has 0 aliphatic carbocycles. The van der Waals surface area contributed by atoms with E-state index in [1.165, 1.54) is 9.80 Å². The first-order valence-electron chi connectivity index (χ1n) is 6.16. The standard InChI is InChI=1S/C13H19N3O3/c1-3-16(9-7-12(17)18)13(19)15(2)10-11-6-4-5-8-14-11/h4-6,8H,3,7,9-10H2,1-2H3,(H,17,18). The van der Waals surface area contributed by atoms with Crippen LogP contribution in [0.5, 0.6) is 0 Å². The van der Waals surface area contributed by atoms with E-state index in [-0.39, 0.29) is 19.0 Å². The van der Waals surface area contributed by atoms with Gasteiger partial charge in [-0.25, -0.2) is 4.79 Å². The Bertz CT molecular complexity index is 422. The van der Waals surface area contributed by atoms with E-state index in [2.05, 4.69) is 4.98 Å². The number of rotatable bonds is 6. The van der Waals surface area contributed by atoms with Gasteiger partial charge in [-0.15, -0.1) is 0 Å². The van der Waals surface area contributed by atoms with Crippen LogP contribution in [0.3, 0.4) is 0 Å². The molecule has 0 radical (unpaired) electrons. The smallest absolute Gasteiger partial charge is 0.320 e. The van der Waals surface area contributed by atoms with E-state index in [9.17, 15) is 9.59 Å². The van der Waals surface area contributed by atoms with E-state index in [1.54, 1.807) is 13.2 Å². The largest absolute Gasteiger partial charge is 0.481 e. The summed E-state index contributed by atoms with van der Waals surface area (Å²) in [5.41, 5.74) is 0.799. The molecular weight excluding hydrogens is 246 g/mol. The minimum Gasteiger partial charge on any atom is -0.481 e. The molecule has 0 atom stereocenters. The van der Waals surface area contributed by atoms with Crippen molar-refractivity contribution in [1.29, 1.82) is 0 Å². The maximum atomic E-state index is 12.1. The number of carbonyl (C=O) groups is 2. The van der Waals surface area contributed by atoms with Crippen molar-refractivity contribution in [1.82, 2.24) is 14.8 Å². The highest BCUT2D eigenvalue weighted by atomic mass is 16.4. The maximum absolute atomic E-state index is 12.1. The van der Waals surface area contributed by atoms with Crippen molar-refractivity contribution < 1.29 is 14.7 Å². The Balaban J connectivity index is 2.56. The van der Waals surface area contributed by atoms with Crippen LogP contribution in [0.15, 0.2) is 24.4 Å². The van der Waals surface area contributed by atoms with Crippen LogP contribution in [0.25, 0.3) is 0 Å². The van der Waals surface area contributed by atoms with Crippen molar-refractivity contribution in [2.75, 3.05) is 20.1 Å². The fourth-order valence-electron chi connectivity index (χ4n) is 1.66. The fraction of sp³-hybridized carbons (Fsp3) is 0.462. The number of nitrogens with zero attached hydrogens (tertiary/aromatic N) is 3. The zero-order chi connectivity index (χ0) is 14.3. The first-order chi connectivity index (χ1) is 9.04.